The minimum Gasteiger partial charge on any atom is -0.311 e. The third-order valence-electron chi connectivity index (χ3n) is 4.03. The van der Waals surface area contributed by atoms with E-state index in [1.54, 1.807) is 13.8 Å². The largest absolute Gasteiger partial charge is 0.416 e. The number of halogens is 4. The molecule has 1 atom stereocenters. The van der Waals surface area contributed by atoms with Crippen molar-refractivity contribution in [3.63, 3.8) is 0 Å². The van der Waals surface area contributed by atoms with Crippen LogP contribution in [0.5, 0.6) is 0 Å². The Hall–Kier alpha value is -3.04. The quantitative estimate of drug-likeness (QED) is 0.702. The highest BCUT2D eigenvalue weighted by molar-refractivity contribution is 5.51. The molecule has 142 valence electrons. The first kappa shape index (κ1) is 18.7. The van der Waals surface area contributed by atoms with Crippen molar-refractivity contribution in [2.75, 3.05) is 0 Å². The van der Waals surface area contributed by atoms with Crippen LogP contribution < -0.4 is 5.56 Å². The average molecular weight is 381 g/mol. The molecule has 0 saturated carbocycles. The van der Waals surface area contributed by atoms with Gasteiger partial charge < -0.3 is 4.98 Å². The lowest BCUT2D eigenvalue weighted by molar-refractivity contribution is -0.137. The first-order valence-corrected chi connectivity index (χ1v) is 8.06. The monoisotopic (exact) mass is 381 g/mol. The Balaban J connectivity index is 1.98. The molecule has 3 rings (SSSR count). The van der Waals surface area contributed by atoms with Crippen LogP contribution >= 0.6 is 0 Å². The number of hydrogen-bond donors (Lipinski definition) is 1. The van der Waals surface area contributed by atoms with E-state index in [0.717, 1.165) is 12.1 Å². The normalized spacial score (nSPS) is 13.0. The van der Waals surface area contributed by atoms with Crippen LogP contribution in [0.15, 0.2) is 35.3 Å². The van der Waals surface area contributed by atoms with Crippen molar-refractivity contribution >= 4 is 0 Å². The van der Waals surface area contributed by atoms with E-state index in [1.165, 1.54) is 16.9 Å². The van der Waals surface area contributed by atoms with Gasteiger partial charge in [0.2, 0.25) is 0 Å². The third kappa shape index (κ3) is 3.88. The summed E-state index contributed by atoms with van der Waals surface area (Å²) in [7, 11) is 0. The summed E-state index contributed by atoms with van der Waals surface area (Å²) in [6.07, 6.45) is -2.77. The molecule has 0 saturated heterocycles. The summed E-state index contributed by atoms with van der Waals surface area (Å²) in [5.74, 6) is -0.577. The van der Waals surface area contributed by atoms with Crippen LogP contribution in [0.25, 0.3) is 11.4 Å². The standard InChI is InChI=1S/C17H15F4N5O/c1-3-15(11-5-4-10(6-12(11)18)17(19,20)21)26-8-14(24-25-26)13-7-16(27)23-9(2)22-13/h4-8,15H,3H2,1-2H3,(H,22,23,27)/t15-/m0/s1. The Labute approximate surface area is 150 Å². The van der Waals surface area contributed by atoms with E-state index in [1.807, 2.05) is 0 Å². The van der Waals surface area contributed by atoms with E-state index >= 15 is 0 Å². The number of hydrogen-bond acceptors (Lipinski definition) is 4. The van der Waals surface area contributed by atoms with Gasteiger partial charge in [-0.3, -0.25) is 4.79 Å². The highest BCUT2D eigenvalue weighted by atomic mass is 19.4. The summed E-state index contributed by atoms with van der Waals surface area (Å²) >= 11 is 0. The topological polar surface area (TPSA) is 76.5 Å². The molecule has 0 aliphatic rings. The van der Waals surface area contributed by atoms with Gasteiger partial charge in [-0.15, -0.1) is 5.10 Å². The molecule has 0 unspecified atom stereocenters. The Morgan fingerprint density at radius 1 is 1.22 bits per heavy atom. The molecule has 2 heterocycles. The van der Waals surface area contributed by atoms with Crippen molar-refractivity contribution in [2.24, 2.45) is 0 Å². The summed E-state index contributed by atoms with van der Waals surface area (Å²) in [6.45, 7) is 3.36. The lowest BCUT2D eigenvalue weighted by atomic mass is 10.0. The van der Waals surface area contributed by atoms with E-state index in [2.05, 4.69) is 20.3 Å². The van der Waals surface area contributed by atoms with E-state index in [0.29, 0.717) is 29.7 Å². The Morgan fingerprint density at radius 2 is 1.96 bits per heavy atom. The van der Waals surface area contributed by atoms with Crippen molar-refractivity contribution in [1.29, 1.82) is 0 Å². The maximum atomic E-state index is 14.3. The number of aryl methyl sites for hydroxylation is 1. The van der Waals surface area contributed by atoms with Crippen LogP contribution in [-0.4, -0.2) is 25.0 Å². The number of nitrogens with zero attached hydrogens (tertiary/aromatic N) is 4. The zero-order chi connectivity index (χ0) is 19.8. The molecule has 0 spiro atoms. The zero-order valence-electron chi connectivity index (χ0n) is 14.4. The van der Waals surface area contributed by atoms with Gasteiger partial charge in [0.25, 0.3) is 5.56 Å². The number of aromatic amines is 1. The third-order valence-corrected chi connectivity index (χ3v) is 4.03. The molecule has 0 bridgehead atoms. The molecule has 1 N–H and O–H groups in total. The summed E-state index contributed by atoms with van der Waals surface area (Å²) in [6, 6.07) is 3.00. The lowest BCUT2D eigenvalue weighted by Crippen LogP contribution is -2.14. The van der Waals surface area contributed by atoms with Crippen molar-refractivity contribution in [1.82, 2.24) is 25.0 Å². The number of aromatic nitrogens is 5. The predicted molar refractivity (Wildman–Crippen MR) is 88.4 cm³/mol. The molecule has 0 fully saturated rings. The second kappa shape index (κ2) is 6.93. The highest BCUT2D eigenvalue weighted by Crippen LogP contribution is 2.33. The minimum absolute atomic E-state index is 0.0667. The maximum absolute atomic E-state index is 14.3. The molecule has 10 heteroatoms. The number of benzene rings is 1. The molecule has 0 radical (unpaired) electrons. The summed E-state index contributed by atoms with van der Waals surface area (Å²) in [4.78, 5) is 18.2. The van der Waals surface area contributed by atoms with Crippen LogP contribution in [0.2, 0.25) is 0 Å². The van der Waals surface area contributed by atoms with Gasteiger partial charge in [0.05, 0.1) is 23.5 Å². The molecule has 0 aliphatic carbocycles. The number of alkyl halides is 3. The summed E-state index contributed by atoms with van der Waals surface area (Å²) in [5, 5.41) is 7.88. The molecule has 0 aliphatic heterocycles. The van der Waals surface area contributed by atoms with E-state index < -0.39 is 23.6 Å². The number of H-pyrrole nitrogens is 1. The van der Waals surface area contributed by atoms with Crippen molar-refractivity contribution in [3.8, 4) is 11.4 Å². The Bertz CT molecular complexity index is 1020. The number of rotatable bonds is 4. The van der Waals surface area contributed by atoms with Crippen molar-refractivity contribution in [3.05, 3.63) is 63.6 Å². The summed E-state index contributed by atoms with van der Waals surface area (Å²) in [5.41, 5.74) is -0.744. The van der Waals surface area contributed by atoms with Crippen molar-refractivity contribution in [2.45, 2.75) is 32.5 Å². The molecule has 3 aromatic rings. The van der Waals surface area contributed by atoms with Crippen LogP contribution in [0.1, 0.15) is 36.3 Å². The van der Waals surface area contributed by atoms with Gasteiger partial charge in [0, 0.05) is 11.6 Å². The fourth-order valence-electron chi connectivity index (χ4n) is 2.78. The number of nitrogens with one attached hydrogen (secondary N) is 1. The van der Waals surface area contributed by atoms with Crippen molar-refractivity contribution < 1.29 is 17.6 Å². The predicted octanol–water partition coefficient (Wildman–Crippen LogP) is 3.49. The molecular formula is C17H15F4N5O. The first-order valence-electron chi connectivity index (χ1n) is 8.06. The molecule has 2 aromatic heterocycles. The van der Waals surface area contributed by atoms with Gasteiger partial charge in [-0.25, -0.2) is 14.1 Å². The van der Waals surface area contributed by atoms with Gasteiger partial charge in [0.15, 0.2) is 0 Å². The van der Waals surface area contributed by atoms with Crippen LogP contribution in [-0.2, 0) is 6.18 Å². The van der Waals surface area contributed by atoms with Gasteiger partial charge in [0.1, 0.15) is 17.3 Å². The van der Waals surface area contributed by atoms with Gasteiger partial charge in [-0.05, 0) is 25.5 Å². The minimum atomic E-state index is -4.62. The lowest BCUT2D eigenvalue weighted by Gasteiger charge is -2.17. The fraction of sp³-hybridized carbons (Fsp3) is 0.294. The second-order valence-electron chi connectivity index (χ2n) is 5.96. The molecule has 27 heavy (non-hydrogen) atoms. The molecule has 1 aromatic carbocycles. The van der Waals surface area contributed by atoms with E-state index in [9.17, 15) is 22.4 Å². The maximum Gasteiger partial charge on any atom is 0.416 e. The van der Waals surface area contributed by atoms with Gasteiger partial charge in [-0.1, -0.05) is 18.2 Å². The highest BCUT2D eigenvalue weighted by Gasteiger charge is 2.32. The van der Waals surface area contributed by atoms with E-state index in [4.69, 9.17) is 0 Å². The van der Waals surface area contributed by atoms with Gasteiger partial charge in [-0.2, -0.15) is 13.2 Å². The molecular weight excluding hydrogens is 366 g/mol. The first-order chi connectivity index (χ1) is 12.7. The van der Waals surface area contributed by atoms with E-state index in [-0.39, 0.29) is 11.1 Å². The van der Waals surface area contributed by atoms with Crippen LogP contribution in [0.4, 0.5) is 17.6 Å². The zero-order valence-corrected chi connectivity index (χ0v) is 14.4. The smallest absolute Gasteiger partial charge is 0.311 e. The Kier molecular flexibility index (Phi) is 4.81. The molecule has 0 amide bonds. The van der Waals surface area contributed by atoms with Gasteiger partial charge >= 0.3 is 6.18 Å². The Morgan fingerprint density at radius 3 is 2.56 bits per heavy atom. The average Bonchev–Trinajstić information content (AvgIpc) is 3.05. The summed E-state index contributed by atoms with van der Waals surface area (Å²) < 4.78 is 53.9. The SMILES string of the molecule is CC[C@@H](c1ccc(C(F)(F)F)cc1F)n1cc(-c2cc(=O)[nH]c(C)n2)nn1. The fourth-order valence-corrected chi connectivity index (χ4v) is 2.78. The molecule has 6 nitrogen and oxygen atoms in total. The van der Waals surface area contributed by atoms with Crippen LogP contribution in [0.3, 0.4) is 0 Å². The van der Waals surface area contributed by atoms with Crippen LogP contribution in [0, 0.1) is 12.7 Å². The second-order valence-corrected chi connectivity index (χ2v) is 5.96.